The van der Waals surface area contributed by atoms with Crippen molar-refractivity contribution in [2.75, 3.05) is 5.75 Å². The molecule has 2 nitrogen and oxygen atoms in total. The van der Waals surface area contributed by atoms with Gasteiger partial charge in [-0.05, 0) is 44.2 Å². The van der Waals surface area contributed by atoms with Crippen molar-refractivity contribution in [3.05, 3.63) is 29.6 Å². The minimum Gasteiger partial charge on any atom is -0.310 e. The molecule has 4 atom stereocenters. The van der Waals surface area contributed by atoms with Crippen molar-refractivity contribution in [3.63, 3.8) is 0 Å². The zero-order valence-corrected chi connectivity index (χ0v) is 13.5. The van der Waals surface area contributed by atoms with Gasteiger partial charge in [-0.2, -0.15) is 11.8 Å². The van der Waals surface area contributed by atoms with Crippen molar-refractivity contribution in [1.29, 1.82) is 0 Å². The third-order valence-corrected chi connectivity index (χ3v) is 6.14. The molecule has 2 aliphatic rings. The van der Waals surface area contributed by atoms with Gasteiger partial charge in [0.2, 0.25) is 0 Å². The molecule has 1 aromatic rings. The predicted molar refractivity (Wildman–Crippen MR) is 87.4 cm³/mol. The summed E-state index contributed by atoms with van der Waals surface area (Å²) in [6.45, 7) is 4.56. The van der Waals surface area contributed by atoms with Crippen molar-refractivity contribution >= 4 is 11.8 Å². The highest BCUT2D eigenvalue weighted by atomic mass is 32.2. The first-order chi connectivity index (χ1) is 9.72. The molecule has 3 heteroatoms. The van der Waals surface area contributed by atoms with Crippen LogP contribution in [0.5, 0.6) is 0 Å². The van der Waals surface area contributed by atoms with E-state index in [9.17, 15) is 0 Å². The molecule has 4 unspecified atom stereocenters. The molecule has 0 radical (unpaired) electrons. The molecule has 1 saturated heterocycles. The Kier molecular flexibility index (Phi) is 4.67. The lowest BCUT2D eigenvalue weighted by atomic mass is 9.82. The van der Waals surface area contributed by atoms with E-state index in [0.29, 0.717) is 12.0 Å². The van der Waals surface area contributed by atoms with E-state index < -0.39 is 0 Å². The summed E-state index contributed by atoms with van der Waals surface area (Å²) in [5.41, 5.74) is 2.70. The second-order valence-electron chi connectivity index (χ2n) is 6.51. The van der Waals surface area contributed by atoms with Crippen LogP contribution in [0.1, 0.15) is 56.2 Å². The largest absolute Gasteiger partial charge is 0.310 e. The van der Waals surface area contributed by atoms with Crippen LogP contribution in [-0.2, 0) is 0 Å². The third kappa shape index (κ3) is 3.37. The first-order valence-electron chi connectivity index (χ1n) is 8.01. The minimum absolute atomic E-state index is 0.661. The van der Waals surface area contributed by atoms with E-state index >= 15 is 0 Å². The number of thioether (sulfide) groups is 1. The Morgan fingerprint density at radius 3 is 2.90 bits per heavy atom. The van der Waals surface area contributed by atoms with Gasteiger partial charge in [-0.3, -0.25) is 4.98 Å². The summed E-state index contributed by atoms with van der Waals surface area (Å²) >= 11 is 2.12. The number of pyridine rings is 1. The predicted octanol–water partition coefficient (Wildman–Crippen LogP) is 3.90. The lowest BCUT2D eigenvalue weighted by molar-refractivity contribution is 0.312. The van der Waals surface area contributed by atoms with Crippen LogP contribution >= 0.6 is 11.8 Å². The molecule has 1 aromatic heterocycles. The van der Waals surface area contributed by atoms with Crippen LogP contribution < -0.4 is 5.32 Å². The highest BCUT2D eigenvalue weighted by Crippen LogP contribution is 2.34. The molecule has 1 aliphatic carbocycles. The van der Waals surface area contributed by atoms with E-state index in [1.165, 1.54) is 49.1 Å². The van der Waals surface area contributed by atoms with Crippen LogP contribution in [0.15, 0.2) is 18.3 Å². The normalized spacial score (nSPS) is 34.3. The maximum absolute atomic E-state index is 4.65. The Hall–Kier alpha value is -0.540. The van der Waals surface area contributed by atoms with Crippen LogP contribution in [0, 0.1) is 6.92 Å². The van der Waals surface area contributed by atoms with Gasteiger partial charge in [0.15, 0.2) is 0 Å². The van der Waals surface area contributed by atoms with E-state index in [1.807, 2.05) is 6.20 Å². The monoisotopic (exact) mass is 290 g/mol. The molecule has 3 rings (SSSR count). The number of hydrogen-bond acceptors (Lipinski definition) is 3. The first kappa shape index (κ1) is 14.4. The van der Waals surface area contributed by atoms with Crippen molar-refractivity contribution in [2.24, 2.45) is 0 Å². The molecule has 20 heavy (non-hydrogen) atoms. The molecule has 1 saturated carbocycles. The van der Waals surface area contributed by atoms with Gasteiger partial charge in [-0.15, -0.1) is 0 Å². The summed E-state index contributed by atoms with van der Waals surface area (Å²) < 4.78 is 0. The molecule has 110 valence electrons. The van der Waals surface area contributed by atoms with Crippen molar-refractivity contribution in [1.82, 2.24) is 10.3 Å². The second kappa shape index (κ2) is 6.48. The van der Waals surface area contributed by atoms with Gasteiger partial charge >= 0.3 is 0 Å². The highest BCUT2D eigenvalue weighted by Gasteiger charge is 2.29. The van der Waals surface area contributed by atoms with Crippen LogP contribution in [0.4, 0.5) is 0 Å². The number of nitrogens with one attached hydrogen (secondary N) is 1. The fraction of sp³-hybridized carbons (Fsp3) is 0.706. The summed E-state index contributed by atoms with van der Waals surface area (Å²) in [5.74, 6) is 1.96. The Morgan fingerprint density at radius 2 is 2.15 bits per heavy atom. The smallest absolute Gasteiger partial charge is 0.0464 e. The topological polar surface area (TPSA) is 24.9 Å². The summed E-state index contributed by atoms with van der Waals surface area (Å²) in [6, 6.07) is 5.69. The molecule has 1 N–H and O–H groups in total. The molecule has 0 bridgehead atoms. The summed E-state index contributed by atoms with van der Waals surface area (Å²) in [4.78, 5) is 4.65. The molecular formula is C17H26N2S. The molecular weight excluding hydrogens is 264 g/mol. The van der Waals surface area contributed by atoms with Crippen molar-refractivity contribution in [3.8, 4) is 0 Å². The lowest BCUT2D eigenvalue weighted by Gasteiger charge is -2.32. The summed E-state index contributed by atoms with van der Waals surface area (Å²) in [7, 11) is 0. The number of aromatic nitrogens is 1. The van der Waals surface area contributed by atoms with Gasteiger partial charge in [-0.1, -0.05) is 19.4 Å². The van der Waals surface area contributed by atoms with Gasteiger partial charge < -0.3 is 5.32 Å². The Labute approximate surface area is 127 Å². The van der Waals surface area contributed by atoms with E-state index in [1.54, 1.807) is 0 Å². The van der Waals surface area contributed by atoms with Crippen molar-refractivity contribution < 1.29 is 0 Å². The number of hydrogen-bond donors (Lipinski definition) is 1. The Bertz CT molecular complexity index is 448. The Morgan fingerprint density at radius 1 is 1.25 bits per heavy atom. The average molecular weight is 290 g/mol. The zero-order valence-electron chi connectivity index (χ0n) is 12.6. The lowest BCUT2D eigenvalue weighted by Crippen LogP contribution is -2.41. The summed E-state index contributed by atoms with van der Waals surface area (Å²) in [6.07, 6.45) is 8.56. The van der Waals surface area contributed by atoms with E-state index in [2.05, 4.69) is 48.0 Å². The minimum atomic E-state index is 0.661. The molecule has 0 amide bonds. The van der Waals surface area contributed by atoms with Gasteiger partial charge in [0, 0.05) is 40.9 Å². The molecule has 2 fully saturated rings. The van der Waals surface area contributed by atoms with Crippen LogP contribution in [0.25, 0.3) is 0 Å². The van der Waals surface area contributed by atoms with E-state index in [-0.39, 0.29) is 0 Å². The fourth-order valence-corrected chi connectivity index (χ4v) is 4.94. The third-order valence-electron chi connectivity index (χ3n) is 4.78. The van der Waals surface area contributed by atoms with Crippen LogP contribution in [0.2, 0.25) is 0 Å². The maximum Gasteiger partial charge on any atom is 0.0464 e. The van der Waals surface area contributed by atoms with Crippen LogP contribution in [0.3, 0.4) is 0 Å². The number of aryl methyl sites for hydroxylation is 1. The summed E-state index contributed by atoms with van der Waals surface area (Å²) in [5, 5.41) is 4.76. The SMILES string of the molecule is Cc1cccnc1C1CCCC(NC2CSC(C)C2)C1. The fourth-order valence-electron chi connectivity index (χ4n) is 3.78. The van der Waals surface area contributed by atoms with Gasteiger partial charge in [-0.25, -0.2) is 0 Å². The van der Waals surface area contributed by atoms with E-state index in [0.717, 1.165) is 11.3 Å². The number of rotatable bonds is 3. The van der Waals surface area contributed by atoms with Gasteiger partial charge in [0.1, 0.15) is 0 Å². The zero-order chi connectivity index (χ0) is 13.9. The first-order valence-corrected chi connectivity index (χ1v) is 9.06. The maximum atomic E-state index is 4.65. The van der Waals surface area contributed by atoms with Gasteiger partial charge in [0.05, 0.1) is 0 Å². The second-order valence-corrected chi connectivity index (χ2v) is 7.98. The van der Waals surface area contributed by atoms with Crippen molar-refractivity contribution in [2.45, 2.75) is 69.2 Å². The standard InChI is InChI=1S/C17H26N2S/c1-12-5-4-8-18-17(12)14-6-3-7-15(10-14)19-16-9-13(2)20-11-16/h4-5,8,13-16,19H,3,6-7,9-11H2,1-2H3. The quantitative estimate of drug-likeness (QED) is 0.914. The van der Waals surface area contributed by atoms with E-state index in [4.69, 9.17) is 0 Å². The molecule has 1 aliphatic heterocycles. The number of nitrogens with zero attached hydrogens (tertiary/aromatic N) is 1. The van der Waals surface area contributed by atoms with Gasteiger partial charge in [0.25, 0.3) is 0 Å². The molecule has 0 aromatic carbocycles. The molecule has 2 heterocycles. The average Bonchev–Trinajstić information content (AvgIpc) is 2.85. The highest BCUT2D eigenvalue weighted by molar-refractivity contribution is 8.00. The molecule has 0 spiro atoms. The van der Waals surface area contributed by atoms with Crippen LogP contribution in [-0.4, -0.2) is 28.1 Å². The Balaban J connectivity index is 1.60.